The lowest BCUT2D eigenvalue weighted by Crippen LogP contribution is -2.17. The third-order valence-corrected chi connectivity index (χ3v) is 2.90. The first-order valence-electron chi connectivity index (χ1n) is 3.73. The van der Waals surface area contributed by atoms with E-state index in [1.54, 1.807) is 23.0 Å². The Kier molecular flexibility index (Phi) is 1.54. The first-order valence-corrected chi connectivity index (χ1v) is 4.61. The summed E-state index contributed by atoms with van der Waals surface area (Å²) in [6.45, 7) is 1.87. The van der Waals surface area contributed by atoms with Crippen molar-refractivity contribution >= 4 is 21.4 Å². The Balaban J connectivity index is 3.05. The second kappa shape index (κ2) is 2.45. The van der Waals surface area contributed by atoms with Gasteiger partial charge in [-0.1, -0.05) is 0 Å². The minimum absolute atomic E-state index is 0.0981. The fourth-order valence-electron chi connectivity index (χ4n) is 1.34. The van der Waals surface area contributed by atoms with Crippen molar-refractivity contribution in [2.24, 2.45) is 7.05 Å². The highest BCUT2D eigenvalue weighted by Crippen LogP contribution is 2.20. The first kappa shape index (κ1) is 7.55. The number of nitrogens with zero attached hydrogens (tertiary/aromatic N) is 1. The Morgan fingerprint density at radius 1 is 1.50 bits per heavy atom. The van der Waals surface area contributed by atoms with Gasteiger partial charge in [-0.15, -0.1) is 11.3 Å². The van der Waals surface area contributed by atoms with E-state index in [0.717, 1.165) is 10.9 Å². The molecule has 62 valence electrons. The van der Waals surface area contributed by atoms with E-state index in [0.29, 0.717) is 0 Å². The molecule has 0 radical (unpaired) electrons. The molecule has 0 aliphatic rings. The van der Waals surface area contributed by atoms with Crippen LogP contribution in [0.2, 0.25) is 0 Å². The Morgan fingerprint density at radius 2 is 2.25 bits per heavy atom. The lowest BCUT2D eigenvalue weighted by molar-refractivity contribution is 0.861. The number of rotatable bonds is 0. The molecule has 0 amide bonds. The van der Waals surface area contributed by atoms with Crippen molar-refractivity contribution in [2.75, 3.05) is 0 Å². The maximum absolute atomic E-state index is 11.4. The standard InChI is InChI=1S/C9H9NOS/c1-6-7-3-4-12-8(7)5-10(2)9(6)11/h3-5H,1-2H3. The number of hydrogen-bond donors (Lipinski definition) is 0. The number of pyridine rings is 1. The van der Waals surface area contributed by atoms with Crippen LogP contribution in [0.1, 0.15) is 5.56 Å². The van der Waals surface area contributed by atoms with Gasteiger partial charge in [-0.3, -0.25) is 4.79 Å². The average Bonchev–Trinajstić information content (AvgIpc) is 2.48. The molecule has 0 bridgehead atoms. The first-order chi connectivity index (χ1) is 5.70. The molecule has 2 heterocycles. The number of aromatic nitrogens is 1. The Labute approximate surface area is 74.1 Å². The normalized spacial score (nSPS) is 10.8. The van der Waals surface area contributed by atoms with E-state index in [9.17, 15) is 4.79 Å². The molecule has 0 N–H and O–H groups in total. The van der Waals surface area contributed by atoms with Gasteiger partial charge in [0.05, 0.1) is 4.70 Å². The van der Waals surface area contributed by atoms with Crippen molar-refractivity contribution in [3.8, 4) is 0 Å². The Hall–Kier alpha value is -1.09. The van der Waals surface area contributed by atoms with Crippen LogP contribution >= 0.6 is 11.3 Å². The summed E-state index contributed by atoms with van der Waals surface area (Å²) in [6, 6.07) is 2.00. The molecule has 0 aliphatic carbocycles. The van der Waals surface area contributed by atoms with Crippen LogP contribution < -0.4 is 5.56 Å². The lowest BCUT2D eigenvalue weighted by Gasteiger charge is -1.99. The van der Waals surface area contributed by atoms with Gasteiger partial charge in [0.15, 0.2) is 0 Å². The highest BCUT2D eigenvalue weighted by atomic mass is 32.1. The molecule has 0 aliphatic heterocycles. The van der Waals surface area contributed by atoms with Gasteiger partial charge in [0, 0.05) is 24.2 Å². The maximum atomic E-state index is 11.4. The van der Waals surface area contributed by atoms with Crippen molar-refractivity contribution in [2.45, 2.75) is 6.92 Å². The van der Waals surface area contributed by atoms with Crippen LogP contribution in [0.5, 0.6) is 0 Å². The van der Waals surface area contributed by atoms with Gasteiger partial charge in [-0.05, 0) is 18.4 Å². The van der Waals surface area contributed by atoms with Crippen LogP contribution in [0.25, 0.3) is 10.1 Å². The maximum Gasteiger partial charge on any atom is 0.253 e. The zero-order valence-corrected chi connectivity index (χ0v) is 7.81. The number of thiophene rings is 1. The molecule has 0 aromatic carbocycles. The van der Waals surface area contributed by atoms with Crippen LogP contribution in [0.4, 0.5) is 0 Å². The highest BCUT2D eigenvalue weighted by molar-refractivity contribution is 7.17. The molecule has 0 spiro atoms. The van der Waals surface area contributed by atoms with Crippen molar-refractivity contribution < 1.29 is 0 Å². The summed E-state index contributed by atoms with van der Waals surface area (Å²) in [7, 11) is 1.79. The molecule has 0 saturated heterocycles. The Morgan fingerprint density at radius 3 is 3.00 bits per heavy atom. The van der Waals surface area contributed by atoms with Crippen LogP contribution in [-0.2, 0) is 7.05 Å². The largest absolute Gasteiger partial charge is 0.317 e. The molecule has 0 atom stereocenters. The van der Waals surface area contributed by atoms with Crippen molar-refractivity contribution in [1.82, 2.24) is 4.57 Å². The number of hydrogen-bond acceptors (Lipinski definition) is 2. The average molecular weight is 179 g/mol. The van der Waals surface area contributed by atoms with E-state index in [4.69, 9.17) is 0 Å². The summed E-state index contributed by atoms with van der Waals surface area (Å²) in [5, 5.41) is 3.10. The third kappa shape index (κ3) is 0.898. The summed E-state index contributed by atoms with van der Waals surface area (Å²) in [6.07, 6.45) is 1.88. The zero-order valence-electron chi connectivity index (χ0n) is 7.00. The monoisotopic (exact) mass is 179 g/mol. The molecule has 0 unspecified atom stereocenters. The van der Waals surface area contributed by atoms with Gasteiger partial charge in [-0.2, -0.15) is 0 Å². The summed E-state index contributed by atoms with van der Waals surface area (Å²) in [4.78, 5) is 11.4. The molecule has 2 aromatic rings. The molecule has 2 aromatic heterocycles. The number of fused-ring (bicyclic) bond motifs is 1. The fourth-order valence-corrected chi connectivity index (χ4v) is 2.26. The SMILES string of the molecule is Cc1c(=O)n(C)cc2sccc12. The smallest absolute Gasteiger partial charge is 0.253 e. The van der Waals surface area contributed by atoms with Gasteiger partial charge in [0.2, 0.25) is 0 Å². The third-order valence-electron chi connectivity index (χ3n) is 2.05. The second-order valence-electron chi connectivity index (χ2n) is 2.87. The molecule has 12 heavy (non-hydrogen) atoms. The van der Waals surface area contributed by atoms with Crippen molar-refractivity contribution in [1.29, 1.82) is 0 Å². The molecule has 0 saturated carbocycles. The summed E-state index contributed by atoms with van der Waals surface area (Å²) < 4.78 is 2.81. The van der Waals surface area contributed by atoms with Gasteiger partial charge in [0.25, 0.3) is 5.56 Å². The predicted octanol–water partition coefficient (Wildman–Crippen LogP) is 1.91. The van der Waals surface area contributed by atoms with Gasteiger partial charge in [-0.25, -0.2) is 0 Å². The van der Waals surface area contributed by atoms with E-state index in [-0.39, 0.29) is 5.56 Å². The van der Waals surface area contributed by atoms with E-state index < -0.39 is 0 Å². The molecular weight excluding hydrogens is 170 g/mol. The molecule has 2 nitrogen and oxygen atoms in total. The lowest BCUT2D eigenvalue weighted by atomic mass is 10.2. The van der Waals surface area contributed by atoms with E-state index >= 15 is 0 Å². The van der Waals surface area contributed by atoms with Gasteiger partial charge in [0.1, 0.15) is 0 Å². The van der Waals surface area contributed by atoms with E-state index in [1.165, 1.54) is 4.70 Å². The van der Waals surface area contributed by atoms with Gasteiger partial charge >= 0.3 is 0 Å². The molecular formula is C9H9NOS. The summed E-state index contributed by atoms with van der Waals surface area (Å²) >= 11 is 1.66. The molecule has 2 rings (SSSR count). The van der Waals surface area contributed by atoms with Crippen LogP contribution in [0, 0.1) is 6.92 Å². The second-order valence-corrected chi connectivity index (χ2v) is 3.82. The fraction of sp³-hybridized carbons (Fsp3) is 0.222. The molecule has 3 heteroatoms. The minimum Gasteiger partial charge on any atom is -0.317 e. The van der Waals surface area contributed by atoms with E-state index in [2.05, 4.69) is 0 Å². The van der Waals surface area contributed by atoms with Crippen LogP contribution in [-0.4, -0.2) is 4.57 Å². The minimum atomic E-state index is 0.0981. The summed E-state index contributed by atoms with van der Waals surface area (Å²) in [5.74, 6) is 0. The van der Waals surface area contributed by atoms with E-state index in [1.807, 2.05) is 24.6 Å². The highest BCUT2D eigenvalue weighted by Gasteiger charge is 2.03. The van der Waals surface area contributed by atoms with Crippen LogP contribution in [0.15, 0.2) is 22.4 Å². The van der Waals surface area contributed by atoms with Crippen molar-refractivity contribution in [3.05, 3.63) is 33.6 Å². The zero-order chi connectivity index (χ0) is 8.72. The molecule has 0 fully saturated rings. The quantitative estimate of drug-likeness (QED) is 0.605. The predicted molar refractivity (Wildman–Crippen MR) is 51.8 cm³/mol. The Bertz CT molecular complexity index is 481. The van der Waals surface area contributed by atoms with Crippen LogP contribution in [0.3, 0.4) is 0 Å². The summed E-state index contributed by atoms with van der Waals surface area (Å²) in [5.41, 5.74) is 0.942. The van der Waals surface area contributed by atoms with Gasteiger partial charge < -0.3 is 4.57 Å². The van der Waals surface area contributed by atoms with Crippen molar-refractivity contribution in [3.63, 3.8) is 0 Å². The topological polar surface area (TPSA) is 22.0 Å². The number of aryl methyl sites for hydroxylation is 2.